The van der Waals surface area contributed by atoms with Crippen LogP contribution in [0.4, 0.5) is 11.4 Å². The molecule has 3 aromatic rings. The second-order valence-electron chi connectivity index (χ2n) is 6.58. The molecule has 1 N–H and O–H groups in total. The lowest BCUT2D eigenvalue weighted by Crippen LogP contribution is -2.28. The van der Waals surface area contributed by atoms with Crippen molar-refractivity contribution in [3.8, 4) is 11.4 Å². The highest BCUT2D eigenvalue weighted by atomic mass is 35.5. The number of anilines is 2. The summed E-state index contributed by atoms with van der Waals surface area (Å²) in [6.45, 7) is 0.243. The van der Waals surface area contributed by atoms with Gasteiger partial charge in [-0.05, 0) is 30.3 Å². The predicted octanol–water partition coefficient (Wildman–Crippen LogP) is 2.92. The highest BCUT2D eigenvalue weighted by Crippen LogP contribution is 2.35. The normalized spacial score (nSPS) is 16.1. The standard InChI is InChI=1S/C20H18ClN5O3/c1-29-18-7-6-14(21)11-17(18)25-12-13(10-19(25)27)20(28)23-15-4-2-3-5-16(15)26-9-8-22-24-26/h2-9,11,13H,10,12H2,1H3,(H,23,28). The molecule has 4 rings (SSSR count). The zero-order chi connectivity index (χ0) is 20.4. The molecule has 0 bridgehead atoms. The molecule has 2 aromatic carbocycles. The minimum Gasteiger partial charge on any atom is -0.495 e. The number of hydrogen-bond donors (Lipinski definition) is 1. The molecule has 0 spiro atoms. The van der Waals surface area contributed by atoms with Gasteiger partial charge < -0.3 is 15.0 Å². The molecule has 1 aliphatic heterocycles. The number of hydrogen-bond acceptors (Lipinski definition) is 5. The van der Waals surface area contributed by atoms with E-state index in [0.717, 1.165) is 0 Å². The van der Waals surface area contributed by atoms with Crippen molar-refractivity contribution in [2.24, 2.45) is 5.92 Å². The van der Waals surface area contributed by atoms with E-state index in [4.69, 9.17) is 16.3 Å². The molecule has 9 heteroatoms. The Labute approximate surface area is 172 Å². The van der Waals surface area contributed by atoms with Gasteiger partial charge in [0.05, 0.1) is 42.5 Å². The molecule has 2 heterocycles. The molecule has 29 heavy (non-hydrogen) atoms. The van der Waals surface area contributed by atoms with Crippen LogP contribution in [-0.2, 0) is 9.59 Å². The Bertz CT molecular complexity index is 1050. The van der Waals surface area contributed by atoms with Crippen molar-refractivity contribution in [1.29, 1.82) is 0 Å². The molecule has 0 radical (unpaired) electrons. The van der Waals surface area contributed by atoms with Gasteiger partial charge in [0.1, 0.15) is 5.75 Å². The minimum absolute atomic E-state index is 0.104. The van der Waals surface area contributed by atoms with E-state index in [1.807, 2.05) is 18.2 Å². The number of para-hydroxylation sites is 2. The molecular weight excluding hydrogens is 394 g/mol. The fraction of sp³-hybridized carbons (Fsp3) is 0.200. The van der Waals surface area contributed by atoms with Crippen LogP contribution in [0.1, 0.15) is 6.42 Å². The fourth-order valence-electron chi connectivity index (χ4n) is 3.34. The molecule has 1 aliphatic rings. The van der Waals surface area contributed by atoms with Crippen molar-refractivity contribution in [2.75, 3.05) is 23.9 Å². The van der Waals surface area contributed by atoms with Crippen LogP contribution in [0.3, 0.4) is 0 Å². The summed E-state index contributed by atoms with van der Waals surface area (Å²) in [7, 11) is 1.53. The Balaban J connectivity index is 1.54. The van der Waals surface area contributed by atoms with Gasteiger partial charge in [0.15, 0.2) is 0 Å². The molecule has 1 fully saturated rings. The van der Waals surface area contributed by atoms with Crippen LogP contribution >= 0.6 is 11.6 Å². The number of halogens is 1. The average Bonchev–Trinajstić information content (AvgIpc) is 3.38. The van der Waals surface area contributed by atoms with E-state index in [0.29, 0.717) is 27.8 Å². The number of methoxy groups -OCH3 is 1. The van der Waals surface area contributed by atoms with Gasteiger partial charge in [0.2, 0.25) is 11.8 Å². The number of carbonyl (C=O) groups excluding carboxylic acids is 2. The number of benzene rings is 2. The first-order valence-corrected chi connectivity index (χ1v) is 9.35. The zero-order valence-corrected chi connectivity index (χ0v) is 16.3. The van der Waals surface area contributed by atoms with Gasteiger partial charge in [-0.1, -0.05) is 28.9 Å². The van der Waals surface area contributed by atoms with Crippen molar-refractivity contribution in [1.82, 2.24) is 15.0 Å². The highest BCUT2D eigenvalue weighted by molar-refractivity contribution is 6.31. The second kappa shape index (κ2) is 7.92. The van der Waals surface area contributed by atoms with Crippen molar-refractivity contribution in [3.63, 3.8) is 0 Å². The number of carbonyl (C=O) groups is 2. The minimum atomic E-state index is -0.505. The summed E-state index contributed by atoms with van der Waals surface area (Å²) in [6.07, 6.45) is 3.36. The van der Waals surface area contributed by atoms with E-state index < -0.39 is 5.92 Å². The van der Waals surface area contributed by atoms with Crippen LogP contribution in [0.2, 0.25) is 5.02 Å². The first-order valence-electron chi connectivity index (χ1n) is 8.97. The van der Waals surface area contributed by atoms with E-state index in [9.17, 15) is 9.59 Å². The highest BCUT2D eigenvalue weighted by Gasteiger charge is 2.36. The Morgan fingerprint density at radius 3 is 2.83 bits per heavy atom. The molecule has 148 valence electrons. The molecule has 1 atom stereocenters. The van der Waals surface area contributed by atoms with Gasteiger partial charge in [-0.25, -0.2) is 4.68 Å². The number of aromatic nitrogens is 3. The van der Waals surface area contributed by atoms with E-state index in [2.05, 4.69) is 15.6 Å². The van der Waals surface area contributed by atoms with Gasteiger partial charge in [-0.2, -0.15) is 0 Å². The maximum absolute atomic E-state index is 12.9. The molecule has 0 saturated carbocycles. The summed E-state index contributed by atoms with van der Waals surface area (Å²) < 4.78 is 6.91. The topological polar surface area (TPSA) is 89.3 Å². The van der Waals surface area contributed by atoms with E-state index in [1.165, 1.54) is 12.0 Å². The zero-order valence-electron chi connectivity index (χ0n) is 15.6. The summed E-state index contributed by atoms with van der Waals surface area (Å²) in [6, 6.07) is 12.3. The van der Waals surface area contributed by atoms with E-state index >= 15 is 0 Å². The van der Waals surface area contributed by atoms with Crippen LogP contribution < -0.4 is 15.0 Å². The van der Waals surface area contributed by atoms with Gasteiger partial charge in [-0.15, -0.1) is 5.10 Å². The van der Waals surface area contributed by atoms with Crippen LogP contribution in [-0.4, -0.2) is 40.5 Å². The Morgan fingerprint density at radius 1 is 1.24 bits per heavy atom. The third-order valence-corrected chi connectivity index (χ3v) is 4.99. The van der Waals surface area contributed by atoms with E-state index in [1.54, 1.807) is 41.3 Å². The number of rotatable bonds is 5. The lowest BCUT2D eigenvalue weighted by atomic mass is 10.1. The van der Waals surface area contributed by atoms with Gasteiger partial charge in [-0.3, -0.25) is 9.59 Å². The van der Waals surface area contributed by atoms with Crippen LogP contribution in [0, 0.1) is 5.92 Å². The average molecular weight is 412 g/mol. The molecule has 1 saturated heterocycles. The quantitative estimate of drug-likeness (QED) is 0.697. The lowest BCUT2D eigenvalue weighted by molar-refractivity contribution is -0.122. The fourth-order valence-corrected chi connectivity index (χ4v) is 3.51. The molecule has 8 nitrogen and oxygen atoms in total. The van der Waals surface area contributed by atoms with E-state index in [-0.39, 0.29) is 24.8 Å². The smallest absolute Gasteiger partial charge is 0.229 e. The molecule has 0 aliphatic carbocycles. The van der Waals surface area contributed by atoms with Gasteiger partial charge in [0, 0.05) is 18.0 Å². The maximum Gasteiger partial charge on any atom is 0.229 e. The number of nitrogens with one attached hydrogen (secondary N) is 1. The predicted molar refractivity (Wildman–Crippen MR) is 108 cm³/mol. The Morgan fingerprint density at radius 2 is 2.07 bits per heavy atom. The van der Waals surface area contributed by atoms with Crippen LogP contribution in [0.15, 0.2) is 54.9 Å². The summed E-state index contributed by atoms with van der Waals surface area (Å²) >= 11 is 6.09. The Kier molecular flexibility index (Phi) is 5.18. The van der Waals surface area contributed by atoms with Gasteiger partial charge in [0.25, 0.3) is 0 Å². The molecule has 1 aromatic heterocycles. The molecule has 2 amide bonds. The Hall–Kier alpha value is -3.39. The number of nitrogens with zero attached hydrogens (tertiary/aromatic N) is 4. The third kappa shape index (κ3) is 3.79. The maximum atomic E-state index is 12.9. The van der Waals surface area contributed by atoms with Crippen molar-refractivity contribution >= 4 is 34.8 Å². The van der Waals surface area contributed by atoms with Crippen LogP contribution in [0.25, 0.3) is 5.69 Å². The molecule has 1 unspecified atom stereocenters. The SMILES string of the molecule is COc1ccc(Cl)cc1N1CC(C(=O)Nc2ccccc2-n2ccnn2)CC1=O. The van der Waals surface area contributed by atoms with Crippen molar-refractivity contribution in [2.45, 2.75) is 6.42 Å². The lowest BCUT2D eigenvalue weighted by Gasteiger charge is -2.20. The first-order chi connectivity index (χ1) is 14.1. The summed E-state index contributed by atoms with van der Waals surface area (Å²) in [4.78, 5) is 27.0. The van der Waals surface area contributed by atoms with Crippen molar-refractivity contribution < 1.29 is 14.3 Å². The largest absolute Gasteiger partial charge is 0.495 e. The first kappa shape index (κ1) is 18.9. The molecular formula is C20H18ClN5O3. The van der Waals surface area contributed by atoms with Crippen LogP contribution in [0.5, 0.6) is 5.75 Å². The monoisotopic (exact) mass is 411 g/mol. The summed E-state index contributed by atoms with van der Waals surface area (Å²) in [5.74, 6) is -0.375. The van der Waals surface area contributed by atoms with Gasteiger partial charge >= 0.3 is 0 Å². The van der Waals surface area contributed by atoms with Crippen molar-refractivity contribution in [3.05, 3.63) is 59.9 Å². The summed E-state index contributed by atoms with van der Waals surface area (Å²) in [5, 5.41) is 11.2. The second-order valence-corrected chi connectivity index (χ2v) is 7.01. The summed E-state index contributed by atoms with van der Waals surface area (Å²) in [5.41, 5.74) is 1.84. The number of ether oxygens (including phenoxy) is 1. The number of amides is 2. The third-order valence-electron chi connectivity index (χ3n) is 4.76.